The van der Waals surface area contributed by atoms with Crippen LogP contribution < -0.4 is 10.6 Å². The number of benzene rings is 1. The van der Waals surface area contributed by atoms with Crippen molar-refractivity contribution in [3.8, 4) is 0 Å². The maximum Gasteiger partial charge on any atom is 0.407 e. The van der Waals surface area contributed by atoms with Crippen molar-refractivity contribution < 1.29 is 61.5 Å². The normalized spacial score (nSPS) is 31.2. The predicted octanol–water partition coefficient (Wildman–Crippen LogP) is 4.29. The minimum absolute atomic E-state index is 0.0368. The molecule has 1 aromatic rings. The Morgan fingerprint density at radius 1 is 1.06 bits per heavy atom. The number of nitrogens with one attached hydrogen (secondary N) is 2. The molecule has 10 atom stereocenters. The van der Waals surface area contributed by atoms with Gasteiger partial charge in [0.25, 0.3) is 0 Å². The van der Waals surface area contributed by atoms with Gasteiger partial charge in [-0.25, -0.2) is 4.79 Å². The van der Waals surface area contributed by atoms with Crippen LogP contribution in [0.15, 0.2) is 41.7 Å². The average molecular weight is 729 g/mol. The van der Waals surface area contributed by atoms with Crippen LogP contribution >= 0.6 is 7.60 Å². The molecule has 1 aromatic carbocycles. The van der Waals surface area contributed by atoms with Crippen LogP contribution in [-0.4, -0.2) is 105 Å². The van der Waals surface area contributed by atoms with Gasteiger partial charge in [-0.1, -0.05) is 44.2 Å². The van der Waals surface area contributed by atoms with Gasteiger partial charge < -0.3 is 53.4 Å². The van der Waals surface area contributed by atoms with Crippen LogP contribution in [0, 0.1) is 0 Å². The van der Waals surface area contributed by atoms with E-state index >= 15 is 0 Å². The molecule has 2 aliphatic heterocycles. The molecule has 2 saturated heterocycles. The summed E-state index contributed by atoms with van der Waals surface area (Å²) in [5.41, 5.74) is -0.0888. The first-order valence-corrected chi connectivity index (χ1v) is 18.5. The third kappa shape index (κ3) is 10.6. The molecule has 3 aliphatic rings. The van der Waals surface area contributed by atoms with Crippen molar-refractivity contribution in [3.05, 3.63) is 47.3 Å². The first-order chi connectivity index (χ1) is 23.7. The highest BCUT2D eigenvalue weighted by Gasteiger charge is 2.54. The lowest BCUT2D eigenvalue weighted by atomic mass is 9.92. The Kier molecular flexibility index (Phi) is 14.4. The molecule has 50 heavy (non-hydrogen) atoms. The second kappa shape index (κ2) is 17.9. The van der Waals surface area contributed by atoms with E-state index in [2.05, 4.69) is 10.6 Å². The van der Waals surface area contributed by atoms with Crippen LogP contribution in [0.25, 0.3) is 0 Å². The largest absolute Gasteiger partial charge is 0.444 e. The highest BCUT2D eigenvalue weighted by Crippen LogP contribution is 2.57. The van der Waals surface area contributed by atoms with Crippen LogP contribution in [0.3, 0.4) is 0 Å². The number of hydrogen-bond donors (Lipinski definition) is 3. The number of carbonyl (C=O) groups excluding carboxylic acids is 2. The van der Waals surface area contributed by atoms with Crippen molar-refractivity contribution in [2.24, 2.45) is 0 Å². The molecule has 15 nitrogen and oxygen atoms in total. The highest BCUT2D eigenvalue weighted by atomic mass is 31.2. The summed E-state index contributed by atoms with van der Waals surface area (Å²) in [4.78, 5) is 37.3. The molecule has 16 heteroatoms. The Bertz CT molecular complexity index is 1340. The quantitative estimate of drug-likeness (QED) is 0.183. The van der Waals surface area contributed by atoms with Gasteiger partial charge >= 0.3 is 13.7 Å². The number of rotatable bonds is 14. The summed E-state index contributed by atoms with van der Waals surface area (Å²) in [7, 11) is -1.90. The molecular weight excluding hydrogens is 675 g/mol. The van der Waals surface area contributed by atoms with E-state index in [-0.39, 0.29) is 37.1 Å². The third-order valence-corrected chi connectivity index (χ3v) is 10.1. The summed E-state index contributed by atoms with van der Waals surface area (Å²) in [5.74, 6) is -0.369. The molecule has 0 saturated carbocycles. The van der Waals surface area contributed by atoms with Crippen LogP contribution in [-0.2, 0) is 51.8 Å². The zero-order valence-electron chi connectivity index (χ0n) is 30.1. The van der Waals surface area contributed by atoms with Crippen LogP contribution in [0.2, 0.25) is 0 Å². The molecule has 0 bridgehead atoms. The lowest BCUT2D eigenvalue weighted by Crippen LogP contribution is -2.63. The van der Waals surface area contributed by atoms with E-state index in [0.29, 0.717) is 12.8 Å². The number of alkyl carbamates (subject to hydrolysis) is 1. The first-order valence-electron chi connectivity index (χ1n) is 16.9. The first kappa shape index (κ1) is 40.3. The zero-order valence-corrected chi connectivity index (χ0v) is 31.0. The second-order valence-electron chi connectivity index (χ2n) is 13.5. The lowest BCUT2D eigenvalue weighted by Gasteiger charge is -2.49. The Morgan fingerprint density at radius 2 is 1.76 bits per heavy atom. The number of methoxy groups -OCH3 is 2. The molecule has 4 rings (SSSR count). The molecule has 0 aromatic heterocycles. The molecule has 282 valence electrons. The number of carbonyl (C=O) groups is 2. The molecule has 2 fully saturated rings. The van der Waals surface area contributed by atoms with Gasteiger partial charge in [0.15, 0.2) is 12.6 Å². The lowest BCUT2D eigenvalue weighted by molar-refractivity contribution is -0.364. The Labute approximate surface area is 294 Å². The fourth-order valence-corrected chi connectivity index (χ4v) is 7.66. The summed E-state index contributed by atoms with van der Waals surface area (Å²) < 4.78 is 67.8. The minimum Gasteiger partial charge on any atom is -0.444 e. The van der Waals surface area contributed by atoms with Crippen LogP contribution in [0.5, 0.6) is 0 Å². The second-order valence-corrected chi connectivity index (χ2v) is 15.3. The van der Waals surface area contributed by atoms with Gasteiger partial charge in [-0.15, -0.1) is 0 Å². The Hall–Kier alpha value is -2.43. The van der Waals surface area contributed by atoms with Crippen molar-refractivity contribution in [2.75, 3.05) is 27.6 Å². The van der Waals surface area contributed by atoms with Gasteiger partial charge in [-0.2, -0.15) is 0 Å². The number of fused-ring (bicyclic) bond motifs is 1. The predicted molar refractivity (Wildman–Crippen MR) is 180 cm³/mol. The van der Waals surface area contributed by atoms with E-state index in [4.69, 9.17) is 42.4 Å². The van der Waals surface area contributed by atoms with Gasteiger partial charge in [-0.3, -0.25) is 13.9 Å². The third-order valence-electron chi connectivity index (χ3n) is 8.50. The van der Waals surface area contributed by atoms with E-state index in [0.717, 1.165) is 5.56 Å². The Balaban J connectivity index is 1.72. The maximum atomic E-state index is 14.6. The summed E-state index contributed by atoms with van der Waals surface area (Å²) in [5, 5.41) is 5.62. The van der Waals surface area contributed by atoms with Gasteiger partial charge in [0.2, 0.25) is 5.91 Å². The van der Waals surface area contributed by atoms with Crippen molar-refractivity contribution in [1.82, 2.24) is 10.6 Å². The standard InChI is InChI=1S/C34H53N2O13P/c1-9-22(10-2)45-25-17-23(16-24(27(25)35-20(3)37)36-33(38)48-34(4,5)6)50(39,40)49-29-28-26(46-32(42-8)30(29)44-19-41-7)18-43-31(47-28)21-14-12-11-13-15-21/h11-15,17,22,24-32H,9-10,16,18-19H2,1-8H3,(H,35,37)(H,36,38)(H,39,40)/t24-,25+,26+,27+,28-,29-,30+,31?,32+/m0/s1. The van der Waals surface area contributed by atoms with Crippen molar-refractivity contribution in [1.29, 1.82) is 0 Å². The van der Waals surface area contributed by atoms with E-state index in [1.54, 1.807) is 20.8 Å². The van der Waals surface area contributed by atoms with E-state index in [9.17, 15) is 19.0 Å². The average Bonchev–Trinajstić information content (AvgIpc) is 3.06. The molecule has 3 N–H and O–H groups in total. The minimum atomic E-state index is -4.75. The molecule has 1 aliphatic carbocycles. The van der Waals surface area contributed by atoms with Crippen LogP contribution in [0.4, 0.5) is 4.79 Å². The van der Waals surface area contributed by atoms with Crippen molar-refractivity contribution in [2.45, 2.75) is 128 Å². The molecule has 2 amide bonds. The summed E-state index contributed by atoms with van der Waals surface area (Å²) >= 11 is 0. The van der Waals surface area contributed by atoms with Gasteiger partial charge in [0.1, 0.15) is 36.8 Å². The van der Waals surface area contributed by atoms with Gasteiger partial charge in [-0.05, 0) is 39.7 Å². The summed E-state index contributed by atoms with van der Waals surface area (Å²) in [6.07, 6.45) is -5.13. The van der Waals surface area contributed by atoms with Crippen LogP contribution in [0.1, 0.15) is 72.7 Å². The maximum absolute atomic E-state index is 14.6. The molecule has 2 unspecified atom stereocenters. The number of ether oxygens (including phenoxy) is 8. The topological polar surface area (TPSA) is 179 Å². The zero-order chi connectivity index (χ0) is 36.6. The fraction of sp³-hybridized carbons (Fsp3) is 0.706. The molecular formula is C34H53N2O13P. The molecule has 0 spiro atoms. The SMILES string of the molecule is CCC(CC)O[C@@H]1C=C(P(=O)(O)O[C@H]2[C@H]3OC(c4ccccc4)OC[C@H]3O[C@@H](OC)[C@@H]2OCOC)C[C@H](NC(=O)OC(C)(C)C)[C@H]1NC(C)=O. The number of hydrogen-bond acceptors (Lipinski definition) is 12. The highest BCUT2D eigenvalue weighted by molar-refractivity contribution is 7.57. The van der Waals surface area contributed by atoms with Crippen molar-refractivity contribution in [3.63, 3.8) is 0 Å². The number of amides is 2. The van der Waals surface area contributed by atoms with E-state index in [1.807, 2.05) is 44.2 Å². The summed E-state index contributed by atoms with van der Waals surface area (Å²) in [6, 6.07) is 7.54. The summed E-state index contributed by atoms with van der Waals surface area (Å²) in [6.45, 7) is 10.3. The smallest absolute Gasteiger partial charge is 0.407 e. The van der Waals surface area contributed by atoms with E-state index < -0.39 is 74.5 Å². The molecule has 2 heterocycles. The van der Waals surface area contributed by atoms with Gasteiger partial charge in [0, 0.05) is 38.4 Å². The van der Waals surface area contributed by atoms with E-state index in [1.165, 1.54) is 27.2 Å². The monoisotopic (exact) mass is 728 g/mol. The fourth-order valence-electron chi connectivity index (χ4n) is 6.19. The Morgan fingerprint density at radius 3 is 2.36 bits per heavy atom. The van der Waals surface area contributed by atoms with Gasteiger partial charge in [0.05, 0.1) is 30.9 Å². The van der Waals surface area contributed by atoms with Crippen molar-refractivity contribution >= 4 is 19.6 Å². The molecule has 0 radical (unpaired) electrons.